The van der Waals surface area contributed by atoms with Crippen molar-refractivity contribution in [3.63, 3.8) is 0 Å². The molecule has 1 amide bonds. The lowest BCUT2D eigenvalue weighted by Gasteiger charge is -2.31. The molecular weight excluding hydrogens is 202 g/mol. The average molecular weight is 229 g/mol. The van der Waals surface area contributed by atoms with Gasteiger partial charge in [0.25, 0.3) is 0 Å². The standard InChI is InChI=1S/C12H27N3O/c1-5-6-8-14-12(16)11(4)15(9-7-13)10(2)3/h10-11H,5-9,13H2,1-4H3,(H,14,16). The molecular formula is C12H27N3O. The summed E-state index contributed by atoms with van der Waals surface area (Å²) in [4.78, 5) is 14.0. The SMILES string of the molecule is CCCCNC(=O)C(C)N(CCN)C(C)C. The van der Waals surface area contributed by atoms with Crippen molar-refractivity contribution in [1.29, 1.82) is 0 Å². The maximum Gasteiger partial charge on any atom is 0.237 e. The summed E-state index contributed by atoms with van der Waals surface area (Å²) >= 11 is 0. The van der Waals surface area contributed by atoms with Crippen LogP contribution in [0, 0.1) is 0 Å². The van der Waals surface area contributed by atoms with Gasteiger partial charge in [-0.1, -0.05) is 13.3 Å². The van der Waals surface area contributed by atoms with E-state index in [-0.39, 0.29) is 11.9 Å². The number of unbranched alkanes of at least 4 members (excludes halogenated alkanes) is 1. The third-order valence-electron chi connectivity index (χ3n) is 2.76. The molecule has 0 fully saturated rings. The minimum absolute atomic E-state index is 0.0968. The van der Waals surface area contributed by atoms with Crippen molar-refractivity contribution in [2.24, 2.45) is 5.73 Å². The summed E-state index contributed by atoms with van der Waals surface area (Å²) in [5.41, 5.74) is 5.55. The molecule has 0 radical (unpaired) electrons. The lowest BCUT2D eigenvalue weighted by Crippen LogP contribution is -2.49. The maximum atomic E-state index is 11.8. The maximum absolute atomic E-state index is 11.8. The van der Waals surface area contributed by atoms with E-state index < -0.39 is 0 Å². The Morgan fingerprint density at radius 2 is 2.00 bits per heavy atom. The molecule has 3 N–H and O–H groups in total. The van der Waals surface area contributed by atoms with Gasteiger partial charge < -0.3 is 11.1 Å². The van der Waals surface area contributed by atoms with Crippen molar-refractivity contribution in [2.75, 3.05) is 19.6 Å². The van der Waals surface area contributed by atoms with Crippen LogP contribution in [0.4, 0.5) is 0 Å². The third kappa shape index (κ3) is 5.47. The summed E-state index contributed by atoms with van der Waals surface area (Å²) in [7, 11) is 0. The fourth-order valence-corrected chi connectivity index (χ4v) is 1.73. The number of carbonyl (C=O) groups excluding carboxylic acids is 1. The molecule has 4 heteroatoms. The van der Waals surface area contributed by atoms with Gasteiger partial charge in [-0.15, -0.1) is 0 Å². The van der Waals surface area contributed by atoms with Gasteiger partial charge in [0.1, 0.15) is 0 Å². The van der Waals surface area contributed by atoms with Crippen molar-refractivity contribution in [1.82, 2.24) is 10.2 Å². The van der Waals surface area contributed by atoms with Crippen molar-refractivity contribution in [3.8, 4) is 0 Å². The summed E-state index contributed by atoms with van der Waals surface area (Å²) < 4.78 is 0. The molecule has 0 saturated carbocycles. The fourth-order valence-electron chi connectivity index (χ4n) is 1.73. The van der Waals surface area contributed by atoms with E-state index in [0.29, 0.717) is 12.6 Å². The molecule has 16 heavy (non-hydrogen) atoms. The zero-order chi connectivity index (χ0) is 12.6. The quantitative estimate of drug-likeness (QED) is 0.610. The van der Waals surface area contributed by atoms with Crippen LogP contribution in [0.2, 0.25) is 0 Å². The Bertz CT molecular complexity index is 195. The molecule has 0 aliphatic carbocycles. The first kappa shape index (κ1) is 15.4. The molecule has 0 aromatic rings. The minimum Gasteiger partial charge on any atom is -0.355 e. The highest BCUT2D eigenvalue weighted by Gasteiger charge is 2.22. The molecule has 0 aromatic carbocycles. The molecule has 0 aliphatic heterocycles. The van der Waals surface area contributed by atoms with Gasteiger partial charge in [-0.2, -0.15) is 0 Å². The number of nitrogens with one attached hydrogen (secondary N) is 1. The highest BCUT2D eigenvalue weighted by Crippen LogP contribution is 2.04. The topological polar surface area (TPSA) is 58.4 Å². The van der Waals surface area contributed by atoms with E-state index in [1.807, 2.05) is 6.92 Å². The van der Waals surface area contributed by atoms with Crippen LogP contribution in [0.5, 0.6) is 0 Å². The van der Waals surface area contributed by atoms with Crippen molar-refractivity contribution in [2.45, 2.75) is 52.6 Å². The smallest absolute Gasteiger partial charge is 0.237 e. The number of carbonyl (C=O) groups is 1. The second-order valence-corrected chi connectivity index (χ2v) is 4.44. The monoisotopic (exact) mass is 229 g/mol. The van der Waals surface area contributed by atoms with Crippen molar-refractivity contribution in [3.05, 3.63) is 0 Å². The van der Waals surface area contributed by atoms with Crippen LogP contribution in [0.15, 0.2) is 0 Å². The van der Waals surface area contributed by atoms with E-state index >= 15 is 0 Å². The first-order valence-electron chi connectivity index (χ1n) is 6.28. The van der Waals surface area contributed by atoms with Gasteiger partial charge in [-0.25, -0.2) is 0 Å². The molecule has 0 aliphatic rings. The molecule has 0 saturated heterocycles. The molecule has 4 nitrogen and oxygen atoms in total. The molecule has 1 unspecified atom stereocenters. The Balaban J connectivity index is 4.14. The number of nitrogens with two attached hydrogens (primary N) is 1. The zero-order valence-corrected chi connectivity index (χ0v) is 11.1. The summed E-state index contributed by atoms with van der Waals surface area (Å²) in [6.07, 6.45) is 2.14. The van der Waals surface area contributed by atoms with E-state index in [0.717, 1.165) is 25.9 Å². The Morgan fingerprint density at radius 3 is 2.44 bits per heavy atom. The van der Waals surface area contributed by atoms with E-state index in [9.17, 15) is 4.79 Å². The van der Waals surface area contributed by atoms with Gasteiger partial charge in [0, 0.05) is 25.7 Å². The predicted octanol–water partition coefficient (Wildman–Crippen LogP) is 0.960. The average Bonchev–Trinajstić information content (AvgIpc) is 2.24. The van der Waals surface area contributed by atoms with E-state index in [1.165, 1.54) is 0 Å². The van der Waals surface area contributed by atoms with Crippen LogP contribution in [-0.2, 0) is 4.79 Å². The molecule has 96 valence electrons. The van der Waals surface area contributed by atoms with Crippen LogP contribution in [-0.4, -0.2) is 42.5 Å². The molecule has 1 atom stereocenters. The molecule has 0 aromatic heterocycles. The fraction of sp³-hybridized carbons (Fsp3) is 0.917. The Morgan fingerprint density at radius 1 is 1.38 bits per heavy atom. The van der Waals surface area contributed by atoms with E-state index in [1.54, 1.807) is 0 Å². The van der Waals surface area contributed by atoms with Crippen molar-refractivity contribution >= 4 is 5.91 Å². The van der Waals surface area contributed by atoms with E-state index in [4.69, 9.17) is 5.73 Å². The summed E-state index contributed by atoms with van der Waals surface area (Å²) in [6.45, 7) is 10.4. The van der Waals surface area contributed by atoms with Gasteiger partial charge in [-0.3, -0.25) is 9.69 Å². The van der Waals surface area contributed by atoms with Gasteiger partial charge in [0.05, 0.1) is 6.04 Å². The first-order chi connectivity index (χ1) is 7.54. The Labute approximate surface area is 99.6 Å². The Hall–Kier alpha value is -0.610. The lowest BCUT2D eigenvalue weighted by atomic mass is 10.2. The van der Waals surface area contributed by atoms with Gasteiger partial charge >= 0.3 is 0 Å². The van der Waals surface area contributed by atoms with Gasteiger partial charge in [-0.05, 0) is 27.2 Å². The molecule has 0 heterocycles. The first-order valence-corrected chi connectivity index (χ1v) is 6.28. The summed E-state index contributed by atoms with van der Waals surface area (Å²) in [5, 5.41) is 2.96. The predicted molar refractivity (Wildman–Crippen MR) is 68.3 cm³/mol. The lowest BCUT2D eigenvalue weighted by molar-refractivity contribution is -0.126. The van der Waals surface area contributed by atoms with Crippen LogP contribution < -0.4 is 11.1 Å². The highest BCUT2D eigenvalue weighted by atomic mass is 16.2. The largest absolute Gasteiger partial charge is 0.355 e. The normalized spacial score (nSPS) is 13.2. The number of hydrogen-bond donors (Lipinski definition) is 2. The number of nitrogens with zero attached hydrogens (tertiary/aromatic N) is 1. The van der Waals surface area contributed by atoms with Crippen LogP contribution in [0.3, 0.4) is 0 Å². The molecule has 0 spiro atoms. The van der Waals surface area contributed by atoms with Gasteiger partial charge in [0.15, 0.2) is 0 Å². The zero-order valence-electron chi connectivity index (χ0n) is 11.1. The Kier molecular flexibility index (Phi) is 8.21. The summed E-state index contributed by atoms with van der Waals surface area (Å²) in [6, 6.07) is 0.246. The molecule has 0 rings (SSSR count). The van der Waals surface area contributed by atoms with Crippen LogP contribution in [0.25, 0.3) is 0 Å². The second kappa shape index (κ2) is 8.53. The van der Waals surface area contributed by atoms with Crippen molar-refractivity contribution < 1.29 is 4.79 Å². The van der Waals surface area contributed by atoms with Gasteiger partial charge in [0.2, 0.25) is 5.91 Å². The second-order valence-electron chi connectivity index (χ2n) is 4.44. The third-order valence-corrected chi connectivity index (χ3v) is 2.76. The van der Waals surface area contributed by atoms with Crippen LogP contribution in [0.1, 0.15) is 40.5 Å². The minimum atomic E-state index is -0.0968. The molecule has 0 bridgehead atoms. The number of rotatable bonds is 8. The van der Waals surface area contributed by atoms with Crippen LogP contribution >= 0.6 is 0 Å². The number of hydrogen-bond acceptors (Lipinski definition) is 3. The van der Waals surface area contributed by atoms with E-state index in [2.05, 4.69) is 31.0 Å². The highest BCUT2D eigenvalue weighted by molar-refractivity contribution is 5.81. The number of amides is 1. The summed E-state index contributed by atoms with van der Waals surface area (Å²) in [5.74, 6) is 0.107.